The number of ether oxygens (including phenoxy) is 3. The number of nitrogens with zero attached hydrogens (tertiary/aromatic N) is 3. The second-order valence-electron chi connectivity index (χ2n) is 8.79. The van der Waals surface area contributed by atoms with Crippen LogP contribution in [0.3, 0.4) is 0 Å². The van der Waals surface area contributed by atoms with Crippen LogP contribution in [-0.2, 0) is 11.8 Å². The van der Waals surface area contributed by atoms with Crippen LogP contribution in [-0.4, -0.2) is 50.4 Å². The van der Waals surface area contributed by atoms with Gasteiger partial charge in [-0.15, -0.1) is 0 Å². The Balaban J connectivity index is 1.48. The summed E-state index contributed by atoms with van der Waals surface area (Å²) in [6.07, 6.45) is 7.03. The Labute approximate surface area is 190 Å². The van der Waals surface area contributed by atoms with E-state index in [0.29, 0.717) is 30.0 Å². The van der Waals surface area contributed by atoms with E-state index >= 15 is 0 Å². The average molecular weight is 441 g/mol. The molecule has 2 aliphatic heterocycles. The third-order valence-corrected chi connectivity index (χ3v) is 6.47. The molecular weight excluding hydrogens is 406 g/mol. The number of carbonyl (C=O) groups is 1. The molecule has 1 fully saturated rings. The number of unbranched alkanes of at least 4 members (excludes halogenated alkanes) is 1. The molecule has 0 bridgehead atoms. The highest BCUT2D eigenvalue weighted by Crippen LogP contribution is 2.45. The summed E-state index contributed by atoms with van der Waals surface area (Å²) >= 11 is 0. The smallest absolute Gasteiger partial charge is 0.241 e. The van der Waals surface area contributed by atoms with Gasteiger partial charge < -0.3 is 19.1 Å². The number of anilines is 1. The molecule has 7 nitrogen and oxygen atoms in total. The van der Waals surface area contributed by atoms with E-state index in [0.717, 1.165) is 43.8 Å². The number of benzene rings is 1. The highest BCUT2D eigenvalue weighted by molar-refractivity contribution is 5.94. The third-order valence-electron chi connectivity index (χ3n) is 6.47. The van der Waals surface area contributed by atoms with Crippen LogP contribution in [0, 0.1) is 0 Å². The van der Waals surface area contributed by atoms with Crippen LogP contribution >= 0.6 is 0 Å². The van der Waals surface area contributed by atoms with Crippen LogP contribution in [0.4, 0.5) is 5.69 Å². The zero-order valence-corrected chi connectivity index (χ0v) is 19.5. The van der Waals surface area contributed by atoms with E-state index in [4.69, 9.17) is 14.2 Å². The number of amides is 1. The first-order valence-electron chi connectivity index (χ1n) is 11.5. The molecule has 1 aromatic heterocycles. The van der Waals surface area contributed by atoms with E-state index in [1.807, 2.05) is 47.1 Å². The summed E-state index contributed by atoms with van der Waals surface area (Å²) in [5.41, 5.74) is 2.13. The minimum absolute atomic E-state index is 0.153. The van der Waals surface area contributed by atoms with Crippen molar-refractivity contribution in [2.75, 3.05) is 38.4 Å². The Kier molecular flexibility index (Phi) is 6.84. The van der Waals surface area contributed by atoms with Gasteiger partial charge in [-0.3, -0.25) is 9.69 Å². The minimum atomic E-state index is 0.153. The minimum Gasteiger partial charge on any atom is -0.493 e. The summed E-state index contributed by atoms with van der Waals surface area (Å²) in [5, 5.41) is 0. The van der Waals surface area contributed by atoms with Gasteiger partial charge in [-0.25, -0.2) is 4.57 Å². The molecule has 0 saturated carbocycles. The molecule has 0 radical (unpaired) electrons. The summed E-state index contributed by atoms with van der Waals surface area (Å²) < 4.78 is 18.7. The highest BCUT2D eigenvalue weighted by atomic mass is 16.7. The number of hydrogen-bond acceptors (Lipinski definition) is 5. The fraction of sp³-hybridized carbons (Fsp3) is 0.520. The first-order valence-corrected chi connectivity index (χ1v) is 11.5. The molecule has 0 unspecified atom stereocenters. The lowest BCUT2D eigenvalue weighted by atomic mass is 9.96. The second kappa shape index (κ2) is 9.77. The van der Waals surface area contributed by atoms with Gasteiger partial charge in [0.2, 0.25) is 18.4 Å². The lowest BCUT2D eigenvalue weighted by Gasteiger charge is -2.26. The SMILES string of the molecule is CCCCN(C(=O)CN1C[C@H](c2cc(OC)c3c(c2)OCO3)C[C@@H]1C)c1ccc[n+](C)c1. The monoisotopic (exact) mass is 440 g/mol. The molecular formula is C25H34N3O4+. The maximum absolute atomic E-state index is 13.4. The number of likely N-dealkylation sites (tertiary alicyclic amines) is 1. The van der Waals surface area contributed by atoms with E-state index < -0.39 is 0 Å². The summed E-state index contributed by atoms with van der Waals surface area (Å²) in [7, 11) is 3.64. The molecule has 172 valence electrons. The number of methoxy groups -OCH3 is 1. The van der Waals surface area contributed by atoms with Crippen LogP contribution < -0.4 is 23.7 Å². The number of hydrogen-bond donors (Lipinski definition) is 0. The van der Waals surface area contributed by atoms with Crippen LogP contribution in [0.15, 0.2) is 36.7 Å². The predicted molar refractivity (Wildman–Crippen MR) is 122 cm³/mol. The Hall–Kier alpha value is -2.80. The topological polar surface area (TPSA) is 55.1 Å². The second-order valence-corrected chi connectivity index (χ2v) is 8.79. The van der Waals surface area contributed by atoms with Crippen molar-refractivity contribution in [1.82, 2.24) is 4.90 Å². The van der Waals surface area contributed by atoms with Crippen molar-refractivity contribution in [3.05, 3.63) is 42.2 Å². The zero-order valence-electron chi connectivity index (χ0n) is 19.5. The van der Waals surface area contributed by atoms with Gasteiger partial charge in [-0.1, -0.05) is 13.3 Å². The van der Waals surface area contributed by atoms with Crippen molar-refractivity contribution < 1.29 is 23.6 Å². The molecule has 2 atom stereocenters. The number of aromatic nitrogens is 1. The molecule has 1 saturated heterocycles. The van der Waals surface area contributed by atoms with Crippen molar-refractivity contribution in [3.63, 3.8) is 0 Å². The zero-order chi connectivity index (χ0) is 22.7. The predicted octanol–water partition coefficient (Wildman–Crippen LogP) is 3.26. The average Bonchev–Trinajstić information content (AvgIpc) is 3.40. The van der Waals surface area contributed by atoms with E-state index in [-0.39, 0.29) is 12.7 Å². The van der Waals surface area contributed by atoms with E-state index in [1.54, 1.807) is 7.11 Å². The van der Waals surface area contributed by atoms with Crippen molar-refractivity contribution in [1.29, 1.82) is 0 Å². The van der Waals surface area contributed by atoms with Gasteiger partial charge in [0.1, 0.15) is 12.7 Å². The van der Waals surface area contributed by atoms with Gasteiger partial charge in [0, 0.05) is 25.2 Å². The number of fused-ring (bicyclic) bond motifs is 1. The van der Waals surface area contributed by atoms with Crippen LogP contribution in [0.1, 0.15) is 44.6 Å². The van der Waals surface area contributed by atoms with Gasteiger partial charge in [0.25, 0.3) is 0 Å². The molecule has 0 spiro atoms. The maximum Gasteiger partial charge on any atom is 0.241 e. The van der Waals surface area contributed by atoms with Gasteiger partial charge in [0.05, 0.1) is 13.7 Å². The first-order chi connectivity index (χ1) is 15.5. The highest BCUT2D eigenvalue weighted by Gasteiger charge is 2.34. The van der Waals surface area contributed by atoms with Gasteiger partial charge in [0.15, 0.2) is 23.9 Å². The fourth-order valence-corrected chi connectivity index (χ4v) is 4.65. The third kappa shape index (κ3) is 4.67. The van der Waals surface area contributed by atoms with Crippen molar-refractivity contribution in [2.45, 2.75) is 45.1 Å². The van der Waals surface area contributed by atoms with E-state index in [9.17, 15) is 4.79 Å². The number of pyridine rings is 1. The van der Waals surface area contributed by atoms with Crippen LogP contribution in [0.25, 0.3) is 0 Å². The molecule has 2 aromatic rings. The lowest BCUT2D eigenvalue weighted by molar-refractivity contribution is -0.670. The molecule has 1 aromatic carbocycles. The lowest BCUT2D eigenvalue weighted by Crippen LogP contribution is -2.43. The van der Waals surface area contributed by atoms with Crippen LogP contribution in [0.2, 0.25) is 0 Å². The van der Waals surface area contributed by atoms with Crippen LogP contribution in [0.5, 0.6) is 17.2 Å². The Morgan fingerprint density at radius 1 is 1.34 bits per heavy atom. The fourth-order valence-electron chi connectivity index (χ4n) is 4.65. The Morgan fingerprint density at radius 2 is 2.19 bits per heavy atom. The quantitative estimate of drug-likeness (QED) is 0.590. The van der Waals surface area contributed by atoms with E-state index in [1.165, 1.54) is 5.56 Å². The molecule has 7 heteroatoms. The van der Waals surface area contributed by atoms with Gasteiger partial charge in [-0.2, -0.15) is 0 Å². The number of carbonyl (C=O) groups excluding carboxylic acids is 1. The molecule has 0 N–H and O–H groups in total. The van der Waals surface area contributed by atoms with Gasteiger partial charge >= 0.3 is 0 Å². The number of aryl methyl sites for hydroxylation is 1. The molecule has 32 heavy (non-hydrogen) atoms. The van der Waals surface area contributed by atoms with Gasteiger partial charge in [-0.05, 0) is 49.4 Å². The van der Waals surface area contributed by atoms with Crippen molar-refractivity contribution in [2.24, 2.45) is 7.05 Å². The first kappa shape index (κ1) is 22.4. The maximum atomic E-state index is 13.4. The van der Waals surface area contributed by atoms with Crippen molar-refractivity contribution in [3.8, 4) is 17.2 Å². The molecule has 2 aliphatic rings. The normalized spacial score (nSPS) is 19.9. The Morgan fingerprint density at radius 3 is 2.94 bits per heavy atom. The van der Waals surface area contributed by atoms with Crippen molar-refractivity contribution >= 4 is 11.6 Å². The summed E-state index contributed by atoms with van der Waals surface area (Å²) in [4.78, 5) is 17.6. The largest absolute Gasteiger partial charge is 0.493 e. The standard InChI is InChI=1S/C25H34N3O4/c1-5-6-10-28(21-8-7-9-26(3)15-21)24(29)16-27-14-20(11-18(27)2)19-12-22(30-4)25-23(13-19)31-17-32-25/h7-9,12-13,15,18,20H,5-6,10-11,14,16-17H2,1-4H3/q+1/t18-,20+/m0/s1. The molecule has 3 heterocycles. The Bertz CT molecular complexity index is 964. The summed E-state index contributed by atoms with van der Waals surface area (Å²) in [6, 6.07) is 8.44. The molecule has 4 rings (SSSR count). The molecule has 1 amide bonds. The number of rotatable bonds is 8. The summed E-state index contributed by atoms with van der Waals surface area (Å²) in [5.74, 6) is 2.60. The van der Waals surface area contributed by atoms with E-state index in [2.05, 4.69) is 24.8 Å². The molecule has 0 aliphatic carbocycles. The summed E-state index contributed by atoms with van der Waals surface area (Å²) in [6.45, 7) is 6.57.